The minimum atomic E-state index is -1.07. The van der Waals surface area contributed by atoms with Gasteiger partial charge in [0.25, 0.3) is 0 Å². The highest BCUT2D eigenvalue weighted by molar-refractivity contribution is 6.30. The Hall–Kier alpha value is -4.23. The number of aromatic carboxylic acids is 1. The van der Waals surface area contributed by atoms with Gasteiger partial charge < -0.3 is 15.1 Å². The molecule has 0 radical (unpaired) electrons. The van der Waals surface area contributed by atoms with Crippen LogP contribution in [0.1, 0.15) is 45.1 Å². The van der Waals surface area contributed by atoms with Gasteiger partial charge in [-0.05, 0) is 65.6 Å². The van der Waals surface area contributed by atoms with Crippen molar-refractivity contribution in [3.8, 4) is 16.9 Å². The molecule has 2 N–H and O–H groups in total. The molecule has 0 aliphatic heterocycles. The Morgan fingerprint density at radius 3 is 2.41 bits per heavy atom. The maximum Gasteiger partial charge on any atom is 0.339 e. The van der Waals surface area contributed by atoms with Crippen molar-refractivity contribution in [3.63, 3.8) is 0 Å². The van der Waals surface area contributed by atoms with Crippen LogP contribution in [-0.4, -0.2) is 34.1 Å². The molecule has 188 valence electrons. The lowest BCUT2D eigenvalue weighted by Gasteiger charge is -2.20. The second kappa shape index (κ2) is 11.2. The van der Waals surface area contributed by atoms with Crippen molar-refractivity contribution in [2.24, 2.45) is 5.16 Å². The molecule has 0 fully saturated rings. The third-order valence-electron chi connectivity index (χ3n) is 6.16. The lowest BCUT2D eigenvalue weighted by atomic mass is 9.84. The van der Waals surface area contributed by atoms with E-state index in [9.17, 15) is 15.1 Å². The Morgan fingerprint density at radius 2 is 1.78 bits per heavy atom. The molecule has 1 atom stereocenters. The van der Waals surface area contributed by atoms with Crippen molar-refractivity contribution >= 4 is 23.3 Å². The summed E-state index contributed by atoms with van der Waals surface area (Å²) in [4.78, 5) is 15.6. The fraction of sp³-hybridized carbons (Fsp3) is 0.138. The zero-order chi connectivity index (χ0) is 26.5. The summed E-state index contributed by atoms with van der Waals surface area (Å²) in [6, 6.07) is 20.4. The molecule has 0 saturated carbocycles. The van der Waals surface area contributed by atoms with Crippen LogP contribution in [-0.2, 0) is 0 Å². The van der Waals surface area contributed by atoms with Gasteiger partial charge >= 0.3 is 5.97 Å². The molecule has 4 rings (SSSR count). The van der Waals surface area contributed by atoms with E-state index < -0.39 is 17.7 Å². The van der Waals surface area contributed by atoms with Crippen LogP contribution in [0, 0.1) is 12.7 Å². The lowest BCUT2D eigenvalue weighted by molar-refractivity contribution is 0.0693. The van der Waals surface area contributed by atoms with Crippen molar-refractivity contribution in [2.75, 3.05) is 7.11 Å². The van der Waals surface area contributed by atoms with Gasteiger partial charge in [0.2, 0.25) is 0 Å². The van der Waals surface area contributed by atoms with Gasteiger partial charge in [-0.3, -0.25) is 4.98 Å². The van der Waals surface area contributed by atoms with E-state index in [1.165, 1.54) is 19.2 Å². The Kier molecular flexibility index (Phi) is 7.84. The number of carboxylic acid groups (broad SMARTS) is 1. The highest BCUT2D eigenvalue weighted by Gasteiger charge is 2.22. The smallest absolute Gasteiger partial charge is 0.339 e. The standard InChI is InChI=1S/C29H24ClFN2O4/c1-17-13-21(11-12-32-17)27(33-36)16-25(23-10-8-22(30)15-26(23)31)19-5-3-18(4-6-19)20-7-9-24(29(34)35)28(14-20)37-2/h3-15,25,36H,16H2,1-2H3,(H,34,35)/b33-27+. The number of carbonyl (C=O) groups is 1. The largest absolute Gasteiger partial charge is 0.496 e. The van der Waals surface area contributed by atoms with Crippen molar-refractivity contribution in [2.45, 2.75) is 19.3 Å². The number of aryl methyl sites for hydroxylation is 1. The monoisotopic (exact) mass is 518 g/mol. The number of aromatic nitrogens is 1. The number of carboxylic acids is 1. The maximum absolute atomic E-state index is 15.1. The van der Waals surface area contributed by atoms with Gasteiger partial charge in [-0.15, -0.1) is 0 Å². The van der Waals surface area contributed by atoms with E-state index in [0.29, 0.717) is 16.8 Å². The fourth-order valence-electron chi connectivity index (χ4n) is 4.28. The first kappa shape index (κ1) is 25.9. The molecular weight excluding hydrogens is 495 g/mol. The Labute approximate surface area is 218 Å². The third-order valence-corrected chi connectivity index (χ3v) is 6.40. The minimum absolute atomic E-state index is 0.0725. The summed E-state index contributed by atoms with van der Waals surface area (Å²) in [6.45, 7) is 1.84. The summed E-state index contributed by atoms with van der Waals surface area (Å²) in [5.74, 6) is -1.75. The van der Waals surface area contributed by atoms with Gasteiger partial charge in [0.05, 0.1) is 12.8 Å². The van der Waals surface area contributed by atoms with Crippen LogP contribution in [0.4, 0.5) is 4.39 Å². The number of pyridine rings is 1. The van der Waals surface area contributed by atoms with Crippen molar-refractivity contribution in [1.82, 2.24) is 4.98 Å². The normalized spacial score (nSPS) is 12.3. The summed E-state index contributed by atoms with van der Waals surface area (Å²) in [5, 5.41) is 23.0. The molecule has 37 heavy (non-hydrogen) atoms. The molecule has 0 amide bonds. The summed E-state index contributed by atoms with van der Waals surface area (Å²) < 4.78 is 20.3. The van der Waals surface area contributed by atoms with Gasteiger partial charge in [-0.2, -0.15) is 0 Å². The van der Waals surface area contributed by atoms with E-state index in [4.69, 9.17) is 16.3 Å². The zero-order valence-electron chi connectivity index (χ0n) is 20.2. The Morgan fingerprint density at radius 1 is 1.05 bits per heavy atom. The molecule has 0 aliphatic rings. The number of rotatable bonds is 8. The lowest BCUT2D eigenvalue weighted by Crippen LogP contribution is -2.12. The van der Waals surface area contributed by atoms with Crippen LogP contribution in [0.2, 0.25) is 5.02 Å². The van der Waals surface area contributed by atoms with E-state index in [0.717, 1.165) is 22.4 Å². The molecule has 0 aliphatic carbocycles. The quantitative estimate of drug-likeness (QED) is 0.149. The van der Waals surface area contributed by atoms with Crippen LogP contribution in [0.5, 0.6) is 5.75 Å². The van der Waals surface area contributed by atoms with E-state index in [1.54, 1.807) is 36.5 Å². The summed E-state index contributed by atoms with van der Waals surface area (Å²) in [7, 11) is 1.42. The van der Waals surface area contributed by atoms with Gasteiger partial charge in [0.15, 0.2) is 0 Å². The third kappa shape index (κ3) is 5.78. The number of benzene rings is 3. The minimum Gasteiger partial charge on any atom is -0.496 e. The molecule has 0 saturated heterocycles. The summed E-state index contributed by atoms with van der Waals surface area (Å²) in [5.41, 5.74) is 4.73. The van der Waals surface area contributed by atoms with Gasteiger partial charge in [-0.25, -0.2) is 9.18 Å². The summed E-state index contributed by atoms with van der Waals surface area (Å²) >= 11 is 6.00. The molecule has 4 aromatic rings. The van der Waals surface area contributed by atoms with E-state index in [-0.39, 0.29) is 22.8 Å². The number of hydrogen-bond donors (Lipinski definition) is 2. The van der Waals surface area contributed by atoms with E-state index in [2.05, 4.69) is 10.1 Å². The van der Waals surface area contributed by atoms with Gasteiger partial charge in [0, 0.05) is 34.8 Å². The van der Waals surface area contributed by atoms with E-state index in [1.807, 2.05) is 37.3 Å². The molecule has 1 aromatic heterocycles. The second-order valence-electron chi connectivity index (χ2n) is 8.50. The van der Waals surface area contributed by atoms with Crippen LogP contribution < -0.4 is 4.74 Å². The van der Waals surface area contributed by atoms with Crippen LogP contribution >= 0.6 is 11.6 Å². The van der Waals surface area contributed by atoms with Crippen LogP contribution in [0.3, 0.4) is 0 Å². The van der Waals surface area contributed by atoms with Gasteiger partial charge in [0.1, 0.15) is 17.1 Å². The number of methoxy groups -OCH3 is 1. The van der Waals surface area contributed by atoms with E-state index >= 15 is 4.39 Å². The van der Waals surface area contributed by atoms with Crippen molar-refractivity contribution < 1.29 is 24.2 Å². The SMILES string of the molecule is COc1cc(-c2ccc(C(C/C(=N\O)c3ccnc(C)c3)c3ccc(Cl)cc3F)cc2)ccc1C(=O)O. The average Bonchev–Trinajstić information content (AvgIpc) is 2.89. The first-order valence-corrected chi connectivity index (χ1v) is 11.8. The number of nitrogens with zero attached hydrogens (tertiary/aromatic N) is 2. The first-order valence-electron chi connectivity index (χ1n) is 11.4. The fourth-order valence-corrected chi connectivity index (χ4v) is 4.44. The summed E-state index contributed by atoms with van der Waals surface area (Å²) in [6.07, 6.45) is 1.85. The molecule has 1 heterocycles. The number of oxime groups is 1. The maximum atomic E-state index is 15.1. The molecule has 0 spiro atoms. The van der Waals surface area contributed by atoms with Crippen LogP contribution in [0.25, 0.3) is 11.1 Å². The van der Waals surface area contributed by atoms with Crippen molar-refractivity contribution in [1.29, 1.82) is 0 Å². The van der Waals surface area contributed by atoms with Gasteiger partial charge in [-0.1, -0.05) is 53.2 Å². The average molecular weight is 519 g/mol. The predicted molar refractivity (Wildman–Crippen MR) is 141 cm³/mol. The molecule has 1 unspecified atom stereocenters. The topological polar surface area (TPSA) is 92.0 Å². The number of halogens is 2. The number of hydrogen-bond acceptors (Lipinski definition) is 5. The first-order chi connectivity index (χ1) is 17.8. The molecule has 0 bridgehead atoms. The highest BCUT2D eigenvalue weighted by atomic mass is 35.5. The van der Waals surface area contributed by atoms with Crippen LogP contribution in [0.15, 0.2) is 84.1 Å². The Bertz CT molecular complexity index is 1470. The number of ether oxygens (including phenoxy) is 1. The zero-order valence-corrected chi connectivity index (χ0v) is 20.9. The molecule has 8 heteroatoms. The second-order valence-corrected chi connectivity index (χ2v) is 8.93. The Balaban J connectivity index is 1.73. The molecular formula is C29H24ClFN2O4. The molecule has 3 aromatic carbocycles. The molecule has 6 nitrogen and oxygen atoms in total. The van der Waals surface area contributed by atoms with Crippen molar-refractivity contribution in [3.05, 3.63) is 118 Å². The highest BCUT2D eigenvalue weighted by Crippen LogP contribution is 2.35. The predicted octanol–water partition coefficient (Wildman–Crippen LogP) is 6.96.